The van der Waals surface area contributed by atoms with Crippen LogP contribution in [0.25, 0.3) is 0 Å². The Morgan fingerprint density at radius 3 is 2.79 bits per heavy atom. The van der Waals surface area contributed by atoms with Crippen LogP contribution in [0.3, 0.4) is 0 Å². The number of hydrogen-bond acceptors (Lipinski definition) is 4. The van der Waals surface area contributed by atoms with Gasteiger partial charge in [0.1, 0.15) is 0 Å². The fourth-order valence-electron chi connectivity index (χ4n) is 2.20. The summed E-state index contributed by atoms with van der Waals surface area (Å²) < 4.78 is 0. The zero-order chi connectivity index (χ0) is 13.9. The normalized spacial score (nSPS) is 16.3. The fraction of sp³-hybridized carbons (Fsp3) is 0.538. The molecule has 2 N–H and O–H groups in total. The number of hydrogen-bond donors (Lipinski definition) is 2. The van der Waals surface area contributed by atoms with Gasteiger partial charge in [-0.05, 0) is 36.3 Å². The van der Waals surface area contributed by atoms with Gasteiger partial charge in [-0.15, -0.1) is 0 Å². The molecule has 6 heteroatoms. The molecule has 0 unspecified atom stereocenters. The first-order valence-electron chi connectivity index (χ1n) is 6.31. The van der Waals surface area contributed by atoms with Gasteiger partial charge in [-0.1, -0.05) is 11.6 Å². The molecule has 1 aromatic rings. The van der Waals surface area contributed by atoms with Crippen LogP contribution in [0.5, 0.6) is 0 Å². The van der Waals surface area contributed by atoms with Gasteiger partial charge in [0.25, 0.3) is 5.69 Å². The van der Waals surface area contributed by atoms with Crippen LogP contribution < -0.4 is 5.32 Å². The van der Waals surface area contributed by atoms with E-state index in [0.717, 1.165) is 31.4 Å². The van der Waals surface area contributed by atoms with Crippen LogP contribution in [0.4, 0.5) is 5.69 Å². The van der Waals surface area contributed by atoms with Crippen LogP contribution in [0.2, 0.25) is 5.02 Å². The quantitative estimate of drug-likeness (QED) is 0.596. The van der Waals surface area contributed by atoms with Gasteiger partial charge in [0.15, 0.2) is 0 Å². The Labute approximate surface area is 116 Å². The van der Waals surface area contributed by atoms with Gasteiger partial charge in [0.2, 0.25) is 0 Å². The third-order valence-corrected chi connectivity index (χ3v) is 4.02. The molecule has 0 heterocycles. The molecule has 0 spiro atoms. The molecule has 0 radical (unpaired) electrons. The molecule has 1 saturated carbocycles. The third-order valence-electron chi connectivity index (χ3n) is 3.65. The highest BCUT2D eigenvalue weighted by Crippen LogP contribution is 2.47. The number of halogens is 1. The predicted molar refractivity (Wildman–Crippen MR) is 73.2 cm³/mol. The minimum Gasteiger partial charge on any atom is -0.396 e. The maximum Gasteiger partial charge on any atom is 0.269 e. The lowest BCUT2D eigenvalue weighted by Gasteiger charge is -2.14. The first kappa shape index (κ1) is 14.2. The summed E-state index contributed by atoms with van der Waals surface area (Å²) in [4.78, 5) is 10.3. The second kappa shape index (κ2) is 5.86. The minimum atomic E-state index is -0.423. The number of benzene rings is 1. The van der Waals surface area contributed by atoms with E-state index in [-0.39, 0.29) is 17.7 Å². The number of rotatable bonds is 7. The van der Waals surface area contributed by atoms with E-state index in [0.29, 0.717) is 11.6 Å². The van der Waals surface area contributed by atoms with Crippen molar-refractivity contribution in [2.45, 2.75) is 25.8 Å². The molecule has 0 atom stereocenters. The summed E-state index contributed by atoms with van der Waals surface area (Å²) in [7, 11) is 0. The molecule has 2 rings (SSSR count). The zero-order valence-electron chi connectivity index (χ0n) is 10.6. The van der Waals surface area contributed by atoms with Crippen molar-refractivity contribution in [3.05, 3.63) is 38.9 Å². The molecule has 104 valence electrons. The summed E-state index contributed by atoms with van der Waals surface area (Å²) in [5, 5.41) is 23.5. The van der Waals surface area contributed by atoms with Gasteiger partial charge < -0.3 is 10.4 Å². The summed E-state index contributed by atoms with van der Waals surface area (Å²) in [6, 6.07) is 4.46. The number of aliphatic hydroxyl groups is 1. The van der Waals surface area contributed by atoms with E-state index in [1.807, 2.05) is 0 Å². The van der Waals surface area contributed by atoms with E-state index in [2.05, 4.69) is 5.32 Å². The number of aliphatic hydroxyl groups excluding tert-OH is 1. The van der Waals surface area contributed by atoms with Crippen molar-refractivity contribution in [3.63, 3.8) is 0 Å². The van der Waals surface area contributed by atoms with Crippen molar-refractivity contribution in [1.82, 2.24) is 5.32 Å². The van der Waals surface area contributed by atoms with Crippen molar-refractivity contribution in [2.75, 3.05) is 13.2 Å². The van der Waals surface area contributed by atoms with Crippen LogP contribution in [-0.2, 0) is 6.54 Å². The zero-order valence-corrected chi connectivity index (χ0v) is 11.3. The smallest absolute Gasteiger partial charge is 0.269 e. The molecule has 1 aliphatic rings. The molecule has 1 aliphatic carbocycles. The molecule has 19 heavy (non-hydrogen) atoms. The highest BCUT2D eigenvalue weighted by atomic mass is 35.5. The van der Waals surface area contributed by atoms with Crippen LogP contribution >= 0.6 is 11.6 Å². The Bertz CT molecular complexity index is 475. The maximum atomic E-state index is 10.7. The highest BCUT2D eigenvalue weighted by Gasteiger charge is 2.41. The van der Waals surface area contributed by atoms with Crippen LogP contribution in [0.15, 0.2) is 18.2 Å². The summed E-state index contributed by atoms with van der Waals surface area (Å²) in [5.74, 6) is 0. The monoisotopic (exact) mass is 284 g/mol. The fourth-order valence-corrected chi connectivity index (χ4v) is 2.39. The van der Waals surface area contributed by atoms with E-state index in [9.17, 15) is 10.1 Å². The second-order valence-corrected chi connectivity index (χ2v) is 5.52. The summed E-state index contributed by atoms with van der Waals surface area (Å²) in [6.45, 7) is 1.53. The summed E-state index contributed by atoms with van der Waals surface area (Å²) in [5.41, 5.74) is 1.01. The number of nitrogens with one attached hydrogen (secondary N) is 1. The molecule has 0 amide bonds. The van der Waals surface area contributed by atoms with E-state index >= 15 is 0 Å². The Balaban J connectivity index is 1.92. The van der Waals surface area contributed by atoms with E-state index in [4.69, 9.17) is 16.7 Å². The van der Waals surface area contributed by atoms with Gasteiger partial charge in [-0.3, -0.25) is 10.1 Å². The Hall–Kier alpha value is -1.17. The highest BCUT2D eigenvalue weighted by molar-refractivity contribution is 6.31. The molecule has 0 saturated heterocycles. The number of nitro benzene ring substituents is 1. The average molecular weight is 285 g/mol. The van der Waals surface area contributed by atoms with Crippen LogP contribution in [-0.4, -0.2) is 23.2 Å². The number of non-ortho nitro benzene ring substituents is 1. The third kappa shape index (κ3) is 3.65. The van der Waals surface area contributed by atoms with Crippen molar-refractivity contribution in [3.8, 4) is 0 Å². The maximum absolute atomic E-state index is 10.7. The molecule has 1 fully saturated rings. The Morgan fingerprint density at radius 1 is 1.47 bits per heavy atom. The number of nitrogens with zero attached hydrogens (tertiary/aromatic N) is 1. The molecular formula is C13H17ClN2O3. The molecule has 0 bridgehead atoms. The standard InChI is InChI=1S/C13H17ClN2O3/c14-12-2-1-11(16(18)19)7-10(12)8-15-9-13(3-4-13)5-6-17/h1-2,7,15,17H,3-6,8-9H2. The molecule has 0 aliphatic heterocycles. The second-order valence-electron chi connectivity index (χ2n) is 5.11. The molecule has 0 aromatic heterocycles. The van der Waals surface area contributed by atoms with Gasteiger partial charge in [0, 0.05) is 36.9 Å². The van der Waals surface area contributed by atoms with Crippen molar-refractivity contribution < 1.29 is 10.0 Å². The lowest BCUT2D eigenvalue weighted by atomic mass is 10.0. The topological polar surface area (TPSA) is 75.4 Å². The molecule has 1 aromatic carbocycles. The first-order chi connectivity index (χ1) is 9.06. The van der Waals surface area contributed by atoms with Crippen LogP contribution in [0.1, 0.15) is 24.8 Å². The van der Waals surface area contributed by atoms with E-state index in [1.54, 1.807) is 6.07 Å². The first-order valence-corrected chi connectivity index (χ1v) is 6.68. The average Bonchev–Trinajstić information content (AvgIpc) is 3.12. The van der Waals surface area contributed by atoms with Crippen LogP contribution in [0, 0.1) is 15.5 Å². The molecule has 5 nitrogen and oxygen atoms in total. The number of nitro groups is 1. The largest absolute Gasteiger partial charge is 0.396 e. The minimum absolute atomic E-state index is 0.0534. The molecular weight excluding hydrogens is 268 g/mol. The van der Waals surface area contributed by atoms with Crippen molar-refractivity contribution in [2.24, 2.45) is 5.41 Å². The van der Waals surface area contributed by atoms with Gasteiger partial charge in [0.05, 0.1) is 4.92 Å². The summed E-state index contributed by atoms with van der Waals surface area (Å²) in [6.07, 6.45) is 3.06. The SMILES string of the molecule is O=[N+]([O-])c1ccc(Cl)c(CNCC2(CCO)CC2)c1. The van der Waals surface area contributed by atoms with E-state index in [1.165, 1.54) is 12.1 Å². The van der Waals surface area contributed by atoms with Gasteiger partial charge >= 0.3 is 0 Å². The lowest BCUT2D eigenvalue weighted by molar-refractivity contribution is -0.384. The predicted octanol–water partition coefficient (Wildman–Crippen LogP) is 2.50. The Kier molecular flexibility index (Phi) is 4.39. The lowest BCUT2D eigenvalue weighted by Crippen LogP contribution is -2.24. The van der Waals surface area contributed by atoms with Gasteiger partial charge in [-0.2, -0.15) is 0 Å². The van der Waals surface area contributed by atoms with E-state index < -0.39 is 4.92 Å². The summed E-state index contributed by atoms with van der Waals surface area (Å²) >= 11 is 6.03. The van der Waals surface area contributed by atoms with Crippen molar-refractivity contribution >= 4 is 17.3 Å². The van der Waals surface area contributed by atoms with Crippen molar-refractivity contribution in [1.29, 1.82) is 0 Å². The van der Waals surface area contributed by atoms with Gasteiger partial charge in [-0.25, -0.2) is 0 Å². The Morgan fingerprint density at radius 2 is 2.21 bits per heavy atom.